The summed E-state index contributed by atoms with van der Waals surface area (Å²) in [6.45, 7) is 4.05. The summed E-state index contributed by atoms with van der Waals surface area (Å²) >= 11 is 0. The molecule has 0 saturated heterocycles. The molecule has 0 spiro atoms. The van der Waals surface area contributed by atoms with Crippen molar-refractivity contribution in [1.82, 2.24) is 10.6 Å². The van der Waals surface area contributed by atoms with Crippen molar-refractivity contribution in [2.75, 3.05) is 18.9 Å². The SMILES string of the molecule is CNC(=O)NC(=O)CNc1cccc(C)c1C. The van der Waals surface area contributed by atoms with Gasteiger partial charge in [-0.1, -0.05) is 12.1 Å². The Morgan fingerprint density at radius 1 is 1.24 bits per heavy atom. The normalized spacial score (nSPS) is 9.59. The van der Waals surface area contributed by atoms with Gasteiger partial charge in [0, 0.05) is 12.7 Å². The molecule has 0 bridgehead atoms. The van der Waals surface area contributed by atoms with E-state index < -0.39 is 6.03 Å². The molecule has 1 rings (SSSR count). The molecule has 0 aliphatic heterocycles. The first-order valence-electron chi connectivity index (χ1n) is 5.36. The van der Waals surface area contributed by atoms with Crippen LogP contribution in [0.3, 0.4) is 0 Å². The minimum atomic E-state index is -0.502. The number of urea groups is 1. The maximum absolute atomic E-state index is 11.3. The van der Waals surface area contributed by atoms with Gasteiger partial charge in [0.15, 0.2) is 0 Å². The minimum Gasteiger partial charge on any atom is -0.376 e. The van der Waals surface area contributed by atoms with E-state index in [1.54, 1.807) is 0 Å². The third kappa shape index (κ3) is 3.79. The molecule has 0 saturated carbocycles. The van der Waals surface area contributed by atoms with Gasteiger partial charge >= 0.3 is 6.03 Å². The number of carbonyl (C=O) groups is 2. The maximum atomic E-state index is 11.3. The van der Waals surface area contributed by atoms with Crippen molar-refractivity contribution in [3.05, 3.63) is 29.3 Å². The Morgan fingerprint density at radius 2 is 1.94 bits per heavy atom. The second kappa shape index (κ2) is 5.89. The quantitative estimate of drug-likeness (QED) is 0.736. The lowest BCUT2D eigenvalue weighted by Crippen LogP contribution is -2.40. The standard InChI is InChI=1S/C12H17N3O2/c1-8-5-4-6-10(9(8)2)14-7-11(16)15-12(17)13-3/h4-6,14H,7H2,1-3H3,(H2,13,15,16,17). The Hall–Kier alpha value is -2.04. The molecule has 3 N–H and O–H groups in total. The minimum absolute atomic E-state index is 0.0672. The highest BCUT2D eigenvalue weighted by Gasteiger charge is 2.06. The van der Waals surface area contributed by atoms with Crippen LogP contribution in [0.25, 0.3) is 0 Å². The molecule has 0 heterocycles. The molecule has 1 aromatic carbocycles. The number of hydrogen-bond acceptors (Lipinski definition) is 3. The van der Waals surface area contributed by atoms with Gasteiger partial charge in [0.1, 0.15) is 0 Å². The van der Waals surface area contributed by atoms with E-state index in [2.05, 4.69) is 16.0 Å². The van der Waals surface area contributed by atoms with Crippen LogP contribution in [-0.4, -0.2) is 25.5 Å². The summed E-state index contributed by atoms with van der Waals surface area (Å²) in [6.07, 6.45) is 0. The van der Waals surface area contributed by atoms with Crippen molar-refractivity contribution in [1.29, 1.82) is 0 Å². The van der Waals surface area contributed by atoms with Crippen molar-refractivity contribution < 1.29 is 9.59 Å². The van der Waals surface area contributed by atoms with Gasteiger partial charge in [-0.05, 0) is 31.0 Å². The van der Waals surface area contributed by atoms with Gasteiger partial charge in [-0.25, -0.2) is 4.79 Å². The van der Waals surface area contributed by atoms with E-state index in [4.69, 9.17) is 0 Å². The second-order valence-electron chi connectivity index (χ2n) is 3.73. The number of amides is 3. The van der Waals surface area contributed by atoms with Gasteiger partial charge in [-0.15, -0.1) is 0 Å². The Kier molecular flexibility index (Phi) is 4.51. The van der Waals surface area contributed by atoms with E-state index in [1.807, 2.05) is 32.0 Å². The number of aryl methyl sites for hydroxylation is 1. The molecule has 0 unspecified atom stereocenters. The Balaban J connectivity index is 2.53. The van der Waals surface area contributed by atoms with Crippen LogP contribution < -0.4 is 16.0 Å². The van der Waals surface area contributed by atoms with E-state index in [0.29, 0.717) is 0 Å². The molecule has 0 aromatic heterocycles. The lowest BCUT2D eigenvalue weighted by Gasteiger charge is -2.10. The van der Waals surface area contributed by atoms with Crippen LogP contribution in [0.2, 0.25) is 0 Å². The van der Waals surface area contributed by atoms with E-state index in [0.717, 1.165) is 16.8 Å². The number of benzene rings is 1. The first kappa shape index (κ1) is 13.0. The highest BCUT2D eigenvalue weighted by Crippen LogP contribution is 2.17. The van der Waals surface area contributed by atoms with Gasteiger partial charge < -0.3 is 10.6 Å². The van der Waals surface area contributed by atoms with Crippen molar-refractivity contribution in [3.8, 4) is 0 Å². The molecule has 0 aliphatic carbocycles. The van der Waals surface area contributed by atoms with Crippen LogP contribution in [0.5, 0.6) is 0 Å². The number of hydrogen-bond donors (Lipinski definition) is 3. The van der Waals surface area contributed by atoms with E-state index >= 15 is 0 Å². The zero-order valence-corrected chi connectivity index (χ0v) is 10.3. The van der Waals surface area contributed by atoms with Crippen LogP contribution in [0.1, 0.15) is 11.1 Å². The number of carbonyl (C=O) groups excluding carboxylic acids is 2. The second-order valence-corrected chi connectivity index (χ2v) is 3.73. The number of anilines is 1. The highest BCUT2D eigenvalue weighted by atomic mass is 16.2. The molecule has 3 amide bonds. The largest absolute Gasteiger partial charge is 0.376 e. The van der Waals surface area contributed by atoms with Crippen LogP contribution in [0.4, 0.5) is 10.5 Å². The predicted octanol–water partition coefficient (Wildman–Crippen LogP) is 1.17. The fourth-order valence-electron chi connectivity index (χ4n) is 1.35. The van der Waals surface area contributed by atoms with Crippen molar-refractivity contribution in [2.45, 2.75) is 13.8 Å². The summed E-state index contributed by atoms with van der Waals surface area (Å²) in [7, 11) is 1.46. The number of rotatable bonds is 3. The van der Waals surface area contributed by atoms with Crippen molar-refractivity contribution in [3.63, 3.8) is 0 Å². The maximum Gasteiger partial charge on any atom is 0.321 e. The number of imide groups is 1. The van der Waals surface area contributed by atoms with Gasteiger partial charge in [-0.3, -0.25) is 10.1 Å². The highest BCUT2D eigenvalue weighted by molar-refractivity contribution is 5.96. The average Bonchev–Trinajstić information content (AvgIpc) is 2.31. The first-order chi connectivity index (χ1) is 8.04. The summed E-state index contributed by atoms with van der Waals surface area (Å²) in [5, 5.41) is 7.49. The van der Waals surface area contributed by atoms with Crippen LogP contribution in [0, 0.1) is 13.8 Å². The summed E-state index contributed by atoms with van der Waals surface area (Å²) in [4.78, 5) is 22.2. The van der Waals surface area contributed by atoms with Gasteiger partial charge in [0.2, 0.25) is 5.91 Å². The molecular weight excluding hydrogens is 218 g/mol. The van der Waals surface area contributed by atoms with Crippen LogP contribution in [0.15, 0.2) is 18.2 Å². The summed E-state index contributed by atoms with van der Waals surface area (Å²) < 4.78 is 0. The zero-order chi connectivity index (χ0) is 12.8. The van der Waals surface area contributed by atoms with Gasteiger partial charge in [-0.2, -0.15) is 0 Å². The smallest absolute Gasteiger partial charge is 0.321 e. The molecule has 17 heavy (non-hydrogen) atoms. The molecule has 0 fully saturated rings. The van der Waals surface area contributed by atoms with Crippen LogP contribution >= 0.6 is 0 Å². The molecule has 5 nitrogen and oxygen atoms in total. The molecule has 92 valence electrons. The van der Waals surface area contributed by atoms with E-state index in [-0.39, 0.29) is 12.5 Å². The van der Waals surface area contributed by atoms with Crippen molar-refractivity contribution >= 4 is 17.6 Å². The van der Waals surface area contributed by atoms with Crippen LogP contribution in [-0.2, 0) is 4.79 Å². The lowest BCUT2D eigenvalue weighted by molar-refractivity contribution is -0.118. The molecule has 1 aromatic rings. The Labute approximate surface area is 101 Å². The molecule has 5 heteroatoms. The third-order valence-corrected chi connectivity index (χ3v) is 2.52. The molecular formula is C12H17N3O2. The fourth-order valence-corrected chi connectivity index (χ4v) is 1.35. The monoisotopic (exact) mass is 235 g/mol. The summed E-state index contributed by atoms with van der Waals surface area (Å²) in [5.41, 5.74) is 3.15. The van der Waals surface area contributed by atoms with E-state index in [9.17, 15) is 9.59 Å². The average molecular weight is 235 g/mol. The fraction of sp³-hybridized carbons (Fsp3) is 0.333. The number of nitrogens with one attached hydrogen (secondary N) is 3. The first-order valence-corrected chi connectivity index (χ1v) is 5.36. The Morgan fingerprint density at radius 3 is 2.59 bits per heavy atom. The summed E-state index contributed by atoms with van der Waals surface area (Å²) in [6, 6.07) is 5.32. The molecule has 0 radical (unpaired) electrons. The zero-order valence-electron chi connectivity index (χ0n) is 10.3. The topological polar surface area (TPSA) is 70.2 Å². The van der Waals surface area contributed by atoms with Gasteiger partial charge in [0.05, 0.1) is 6.54 Å². The predicted molar refractivity (Wildman–Crippen MR) is 67.0 cm³/mol. The lowest BCUT2D eigenvalue weighted by atomic mass is 10.1. The molecule has 0 atom stereocenters. The Bertz CT molecular complexity index is 430. The van der Waals surface area contributed by atoms with Crippen molar-refractivity contribution in [2.24, 2.45) is 0 Å². The van der Waals surface area contributed by atoms with Gasteiger partial charge in [0.25, 0.3) is 0 Å². The third-order valence-electron chi connectivity index (χ3n) is 2.52. The summed E-state index contributed by atoms with van der Waals surface area (Å²) in [5.74, 6) is -0.370. The molecule has 0 aliphatic rings. The van der Waals surface area contributed by atoms with E-state index in [1.165, 1.54) is 7.05 Å².